The van der Waals surface area contributed by atoms with Gasteiger partial charge in [-0.25, -0.2) is 13.6 Å². The number of halogens is 1. The molecule has 2 aromatic carbocycles. The first-order chi connectivity index (χ1) is 10.3. The maximum Gasteiger partial charge on any atom is 0.312 e. The minimum absolute atomic E-state index is 0.00916. The van der Waals surface area contributed by atoms with Crippen LogP contribution in [0.15, 0.2) is 47.4 Å². The van der Waals surface area contributed by atoms with Crippen LogP contribution in [0.5, 0.6) is 5.75 Å². The van der Waals surface area contributed by atoms with Gasteiger partial charge in [-0.1, -0.05) is 29.8 Å². The van der Waals surface area contributed by atoms with Crippen LogP contribution in [0, 0.1) is 10.1 Å². The normalized spacial score (nSPS) is 11.2. The van der Waals surface area contributed by atoms with Gasteiger partial charge in [0.2, 0.25) is 10.0 Å². The third-order valence-electron chi connectivity index (χ3n) is 2.80. The van der Waals surface area contributed by atoms with E-state index in [9.17, 15) is 18.5 Å². The van der Waals surface area contributed by atoms with Crippen molar-refractivity contribution >= 4 is 27.3 Å². The van der Waals surface area contributed by atoms with Gasteiger partial charge in [-0.05, 0) is 18.2 Å². The van der Waals surface area contributed by atoms with Gasteiger partial charge >= 0.3 is 5.69 Å². The van der Waals surface area contributed by atoms with Crippen molar-refractivity contribution in [3.63, 3.8) is 0 Å². The number of hydrogen-bond acceptors (Lipinski definition) is 5. The predicted octanol–water partition coefficient (Wildman–Crippen LogP) is 2.47. The fourth-order valence-corrected chi connectivity index (χ4v) is 2.43. The SMILES string of the molecule is NS(=O)(=O)c1ccc(OCc2ccccc2Cl)c([N+](=O)[O-])c1. The molecule has 7 nitrogen and oxygen atoms in total. The number of primary sulfonamides is 1. The van der Waals surface area contributed by atoms with Crippen molar-refractivity contribution in [1.82, 2.24) is 0 Å². The molecule has 0 aliphatic carbocycles. The quantitative estimate of drug-likeness (QED) is 0.662. The molecule has 0 unspecified atom stereocenters. The lowest BCUT2D eigenvalue weighted by atomic mass is 10.2. The fraction of sp³-hybridized carbons (Fsp3) is 0.0769. The molecular formula is C13H11ClN2O5S. The first kappa shape index (κ1) is 16.2. The molecule has 116 valence electrons. The monoisotopic (exact) mass is 342 g/mol. The van der Waals surface area contributed by atoms with Crippen molar-refractivity contribution in [2.45, 2.75) is 11.5 Å². The minimum atomic E-state index is -4.03. The molecule has 0 aliphatic rings. The highest BCUT2D eigenvalue weighted by atomic mass is 35.5. The van der Waals surface area contributed by atoms with E-state index in [4.69, 9.17) is 21.5 Å². The molecule has 0 fully saturated rings. The number of nitro groups is 1. The number of benzene rings is 2. The topological polar surface area (TPSA) is 113 Å². The maximum atomic E-state index is 11.2. The van der Waals surface area contributed by atoms with Gasteiger partial charge in [0, 0.05) is 16.7 Å². The molecule has 2 N–H and O–H groups in total. The Morgan fingerprint density at radius 2 is 1.91 bits per heavy atom. The number of nitrogens with two attached hydrogens (primary N) is 1. The number of sulfonamides is 1. The average Bonchev–Trinajstić information content (AvgIpc) is 2.45. The van der Waals surface area contributed by atoms with E-state index in [1.807, 2.05) is 0 Å². The Labute approximate surface area is 131 Å². The summed E-state index contributed by atoms with van der Waals surface area (Å²) in [5, 5.41) is 16.5. The second-order valence-electron chi connectivity index (χ2n) is 4.31. The highest BCUT2D eigenvalue weighted by molar-refractivity contribution is 7.89. The summed E-state index contributed by atoms with van der Waals surface area (Å²) in [6, 6.07) is 10.1. The Morgan fingerprint density at radius 1 is 1.23 bits per heavy atom. The molecule has 0 atom stereocenters. The lowest BCUT2D eigenvalue weighted by Crippen LogP contribution is -2.12. The Kier molecular flexibility index (Phi) is 4.65. The Bertz CT molecular complexity index is 823. The molecule has 0 amide bonds. The van der Waals surface area contributed by atoms with E-state index in [1.54, 1.807) is 24.3 Å². The third-order valence-corrected chi connectivity index (χ3v) is 4.08. The molecule has 2 rings (SSSR count). The molecule has 0 bridgehead atoms. The van der Waals surface area contributed by atoms with Crippen molar-refractivity contribution < 1.29 is 18.1 Å². The van der Waals surface area contributed by atoms with Gasteiger partial charge in [-0.15, -0.1) is 0 Å². The Morgan fingerprint density at radius 3 is 2.50 bits per heavy atom. The van der Waals surface area contributed by atoms with Gasteiger partial charge in [0.1, 0.15) is 6.61 Å². The standard InChI is InChI=1S/C13H11ClN2O5S/c14-11-4-2-1-3-9(11)8-21-13-6-5-10(22(15,19)20)7-12(13)16(17)18/h1-7H,8H2,(H2,15,19,20). The molecule has 0 heterocycles. The van der Waals surface area contributed by atoms with Gasteiger partial charge in [-0.3, -0.25) is 10.1 Å². The van der Waals surface area contributed by atoms with Gasteiger partial charge in [0.05, 0.1) is 9.82 Å². The number of nitro benzene ring substituents is 1. The summed E-state index contributed by atoms with van der Waals surface area (Å²) in [6.45, 7) is 0.00916. The van der Waals surface area contributed by atoms with Gasteiger partial charge in [0.15, 0.2) is 5.75 Å². The van der Waals surface area contributed by atoms with E-state index in [1.165, 1.54) is 6.07 Å². The van der Waals surface area contributed by atoms with Crippen LogP contribution in [0.2, 0.25) is 5.02 Å². The van der Waals surface area contributed by atoms with E-state index < -0.39 is 20.6 Å². The van der Waals surface area contributed by atoms with Crippen LogP contribution in [-0.4, -0.2) is 13.3 Å². The molecule has 2 aromatic rings. The molecule has 0 aliphatic heterocycles. The highest BCUT2D eigenvalue weighted by Gasteiger charge is 2.20. The van der Waals surface area contributed by atoms with Gasteiger partial charge in [0.25, 0.3) is 0 Å². The second-order valence-corrected chi connectivity index (χ2v) is 6.28. The lowest BCUT2D eigenvalue weighted by Gasteiger charge is -2.09. The van der Waals surface area contributed by atoms with Crippen molar-refractivity contribution in [1.29, 1.82) is 0 Å². The molecule has 0 radical (unpaired) electrons. The van der Waals surface area contributed by atoms with Crippen LogP contribution in [0.1, 0.15) is 5.56 Å². The molecular weight excluding hydrogens is 332 g/mol. The van der Waals surface area contributed by atoms with Crippen LogP contribution >= 0.6 is 11.6 Å². The molecule has 0 aromatic heterocycles. The summed E-state index contributed by atoms with van der Waals surface area (Å²) >= 11 is 5.97. The van der Waals surface area contributed by atoms with Crippen LogP contribution in [0.25, 0.3) is 0 Å². The van der Waals surface area contributed by atoms with Gasteiger partial charge in [-0.2, -0.15) is 0 Å². The highest BCUT2D eigenvalue weighted by Crippen LogP contribution is 2.30. The summed E-state index contributed by atoms with van der Waals surface area (Å²) in [5.74, 6) is -0.0719. The average molecular weight is 343 g/mol. The zero-order valence-electron chi connectivity index (χ0n) is 11.1. The first-order valence-corrected chi connectivity index (χ1v) is 7.89. The Hall–Kier alpha value is -2.16. The number of nitrogens with zero attached hydrogens (tertiary/aromatic N) is 1. The molecule has 0 spiro atoms. The number of hydrogen-bond donors (Lipinski definition) is 1. The molecule has 0 saturated carbocycles. The molecule has 22 heavy (non-hydrogen) atoms. The van der Waals surface area contributed by atoms with E-state index in [-0.39, 0.29) is 17.3 Å². The Balaban J connectivity index is 2.31. The zero-order chi connectivity index (χ0) is 16.3. The third kappa shape index (κ3) is 3.73. The van der Waals surface area contributed by atoms with Crippen molar-refractivity contribution in [2.75, 3.05) is 0 Å². The van der Waals surface area contributed by atoms with E-state index in [0.717, 1.165) is 12.1 Å². The summed E-state index contributed by atoms with van der Waals surface area (Å²) < 4.78 is 27.9. The summed E-state index contributed by atoms with van der Waals surface area (Å²) in [6.07, 6.45) is 0. The number of rotatable bonds is 5. The van der Waals surface area contributed by atoms with Crippen molar-refractivity contribution in [3.8, 4) is 5.75 Å². The smallest absolute Gasteiger partial charge is 0.312 e. The van der Waals surface area contributed by atoms with E-state index in [2.05, 4.69) is 0 Å². The number of ether oxygens (including phenoxy) is 1. The van der Waals surface area contributed by atoms with Crippen LogP contribution in [0.3, 0.4) is 0 Å². The van der Waals surface area contributed by atoms with Crippen molar-refractivity contribution in [2.24, 2.45) is 5.14 Å². The lowest BCUT2D eigenvalue weighted by molar-refractivity contribution is -0.386. The van der Waals surface area contributed by atoms with Crippen LogP contribution in [0.4, 0.5) is 5.69 Å². The first-order valence-electron chi connectivity index (χ1n) is 5.96. The van der Waals surface area contributed by atoms with Crippen LogP contribution in [-0.2, 0) is 16.6 Å². The van der Waals surface area contributed by atoms with Crippen molar-refractivity contribution in [3.05, 3.63) is 63.2 Å². The van der Waals surface area contributed by atoms with E-state index >= 15 is 0 Å². The summed E-state index contributed by atoms with van der Waals surface area (Å²) in [4.78, 5) is 9.95. The maximum absolute atomic E-state index is 11.2. The summed E-state index contributed by atoms with van der Waals surface area (Å²) in [5.41, 5.74) is 0.160. The van der Waals surface area contributed by atoms with Crippen LogP contribution < -0.4 is 9.88 Å². The fourth-order valence-electron chi connectivity index (χ4n) is 1.71. The summed E-state index contributed by atoms with van der Waals surface area (Å²) in [7, 11) is -4.03. The molecule has 9 heteroatoms. The largest absolute Gasteiger partial charge is 0.482 e. The second kappa shape index (κ2) is 6.30. The van der Waals surface area contributed by atoms with Gasteiger partial charge < -0.3 is 4.74 Å². The minimum Gasteiger partial charge on any atom is -0.482 e. The predicted molar refractivity (Wildman–Crippen MR) is 80.3 cm³/mol. The van der Waals surface area contributed by atoms with E-state index in [0.29, 0.717) is 10.6 Å². The zero-order valence-corrected chi connectivity index (χ0v) is 12.7. The molecule has 0 saturated heterocycles.